The van der Waals surface area contributed by atoms with E-state index < -0.39 is 18.2 Å². The van der Waals surface area contributed by atoms with Crippen molar-refractivity contribution in [2.45, 2.75) is 38.0 Å². The lowest BCUT2D eigenvalue weighted by molar-refractivity contribution is -0.222. The lowest BCUT2D eigenvalue weighted by Gasteiger charge is -2.34. The fourth-order valence-electron chi connectivity index (χ4n) is 2.67. The van der Waals surface area contributed by atoms with Crippen LogP contribution in [-0.2, 0) is 4.79 Å². The number of aliphatic hydroxyl groups is 1. The zero-order valence-corrected chi connectivity index (χ0v) is 13.2. The number of piperidine rings is 1. The molecule has 1 aromatic heterocycles. The maximum Gasteiger partial charge on any atom is 0.414 e. The highest BCUT2D eigenvalue weighted by molar-refractivity contribution is 7.12. The minimum Gasteiger partial charge on any atom is -0.383 e. The molecule has 1 fully saturated rings. The van der Waals surface area contributed by atoms with Gasteiger partial charge in [0.05, 0.1) is 4.88 Å². The molecule has 2 heterocycles. The number of ketones is 1. The zero-order chi connectivity index (χ0) is 17.0. The molecule has 23 heavy (non-hydrogen) atoms. The van der Waals surface area contributed by atoms with Crippen LogP contribution in [0.5, 0.6) is 0 Å². The van der Waals surface area contributed by atoms with Gasteiger partial charge in [0.15, 0.2) is 11.9 Å². The van der Waals surface area contributed by atoms with Crippen molar-refractivity contribution in [1.82, 2.24) is 4.90 Å². The zero-order valence-electron chi connectivity index (χ0n) is 12.4. The van der Waals surface area contributed by atoms with Gasteiger partial charge < -0.3 is 10.0 Å². The molecule has 4 nitrogen and oxygen atoms in total. The van der Waals surface area contributed by atoms with Gasteiger partial charge in [-0.15, -0.1) is 11.3 Å². The normalized spacial score (nSPS) is 18.0. The van der Waals surface area contributed by atoms with Crippen LogP contribution in [0, 0.1) is 5.92 Å². The van der Waals surface area contributed by atoms with Crippen LogP contribution < -0.4 is 0 Å². The first kappa shape index (κ1) is 17.9. The van der Waals surface area contributed by atoms with Crippen LogP contribution in [0.4, 0.5) is 13.2 Å². The predicted molar refractivity (Wildman–Crippen MR) is 79.2 cm³/mol. The maximum atomic E-state index is 12.5. The molecule has 128 valence electrons. The summed E-state index contributed by atoms with van der Waals surface area (Å²) in [6.07, 6.45) is -6.56. The lowest BCUT2D eigenvalue weighted by atomic mass is 9.90. The maximum absolute atomic E-state index is 12.5. The van der Waals surface area contributed by atoms with Crippen molar-refractivity contribution in [1.29, 1.82) is 0 Å². The molecule has 0 aromatic carbocycles. The van der Waals surface area contributed by atoms with Gasteiger partial charge in [-0.25, -0.2) is 0 Å². The number of likely N-dealkylation sites (tertiary alicyclic amines) is 1. The summed E-state index contributed by atoms with van der Waals surface area (Å²) in [5.41, 5.74) is 0. The smallest absolute Gasteiger partial charge is 0.383 e. The fourth-order valence-corrected chi connectivity index (χ4v) is 3.37. The van der Waals surface area contributed by atoms with Crippen LogP contribution in [0.15, 0.2) is 17.5 Å². The molecule has 0 aliphatic carbocycles. The van der Waals surface area contributed by atoms with E-state index in [1.165, 1.54) is 16.2 Å². The van der Waals surface area contributed by atoms with Crippen molar-refractivity contribution < 1.29 is 27.9 Å². The van der Waals surface area contributed by atoms with Crippen molar-refractivity contribution in [2.75, 3.05) is 13.1 Å². The number of carbonyl (C=O) groups is 2. The summed E-state index contributed by atoms with van der Waals surface area (Å²) in [5, 5.41) is 11.0. The average Bonchev–Trinajstić information content (AvgIpc) is 3.05. The second-order valence-electron chi connectivity index (χ2n) is 5.61. The standard InChI is InChI=1S/C15H18F3NO3S/c16-15(17,18)14(22)10-5-7-19(8-6-10)13(21)4-3-11(20)12-2-1-9-23-12/h1-2,9-10,14,22H,3-8H2. The predicted octanol–water partition coefficient (Wildman–Crippen LogP) is 2.87. The second-order valence-corrected chi connectivity index (χ2v) is 6.55. The van der Waals surface area contributed by atoms with E-state index in [1.807, 2.05) is 0 Å². The molecule has 2 rings (SSSR count). The van der Waals surface area contributed by atoms with E-state index in [9.17, 15) is 27.9 Å². The number of hydrogen-bond donors (Lipinski definition) is 1. The topological polar surface area (TPSA) is 57.6 Å². The van der Waals surface area contributed by atoms with Gasteiger partial charge in [-0.3, -0.25) is 9.59 Å². The van der Waals surface area contributed by atoms with E-state index >= 15 is 0 Å². The Bertz CT molecular complexity index is 537. The molecule has 1 amide bonds. The van der Waals surface area contributed by atoms with Crippen LogP contribution in [-0.4, -0.2) is 47.1 Å². The highest BCUT2D eigenvalue weighted by atomic mass is 32.1. The van der Waals surface area contributed by atoms with Crippen molar-refractivity contribution >= 4 is 23.0 Å². The van der Waals surface area contributed by atoms with Crippen LogP contribution >= 0.6 is 11.3 Å². The Kier molecular flexibility index (Phi) is 5.80. The molecule has 8 heteroatoms. The van der Waals surface area contributed by atoms with E-state index in [2.05, 4.69) is 0 Å². The number of hydrogen-bond acceptors (Lipinski definition) is 4. The largest absolute Gasteiger partial charge is 0.414 e. The van der Waals surface area contributed by atoms with E-state index in [4.69, 9.17) is 0 Å². The first-order valence-corrected chi connectivity index (χ1v) is 8.26. The number of amides is 1. The number of thiophene rings is 1. The van der Waals surface area contributed by atoms with E-state index in [0.29, 0.717) is 4.88 Å². The van der Waals surface area contributed by atoms with Gasteiger partial charge in [-0.1, -0.05) is 6.07 Å². The van der Waals surface area contributed by atoms with E-state index in [-0.39, 0.29) is 50.5 Å². The van der Waals surface area contributed by atoms with Gasteiger partial charge in [0.25, 0.3) is 0 Å². The van der Waals surface area contributed by atoms with Crippen molar-refractivity contribution in [3.05, 3.63) is 22.4 Å². The molecule has 1 saturated heterocycles. The van der Waals surface area contributed by atoms with Gasteiger partial charge in [0.2, 0.25) is 5.91 Å². The number of carbonyl (C=O) groups excluding carboxylic acids is 2. The van der Waals surface area contributed by atoms with Gasteiger partial charge in [0, 0.05) is 25.9 Å². The third kappa shape index (κ3) is 4.78. The summed E-state index contributed by atoms with van der Waals surface area (Å²) in [4.78, 5) is 25.9. The molecule has 1 atom stereocenters. The first-order valence-electron chi connectivity index (χ1n) is 7.38. The Morgan fingerprint density at radius 1 is 1.30 bits per heavy atom. The lowest BCUT2D eigenvalue weighted by Crippen LogP contribution is -2.45. The molecule has 0 radical (unpaired) electrons. The minimum absolute atomic E-state index is 0.0588. The second kappa shape index (κ2) is 7.44. The fraction of sp³-hybridized carbons (Fsp3) is 0.600. The van der Waals surface area contributed by atoms with Crippen molar-refractivity contribution in [3.63, 3.8) is 0 Å². The SMILES string of the molecule is O=C(CCC(=O)N1CCC(C(O)C(F)(F)F)CC1)c1cccs1. The molecule has 1 N–H and O–H groups in total. The Balaban J connectivity index is 1.76. The number of alkyl halides is 3. The van der Waals surface area contributed by atoms with Gasteiger partial charge in [0.1, 0.15) is 0 Å². The highest BCUT2D eigenvalue weighted by Gasteiger charge is 2.44. The number of rotatable bonds is 5. The van der Waals surface area contributed by atoms with Crippen LogP contribution in [0.1, 0.15) is 35.4 Å². The summed E-state index contributed by atoms with van der Waals surface area (Å²) < 4.78 is 37.4. The third-order valence-electron chi connectivity index (χ3n) is 4.04. The molecule has 0 spiro atoms. The Hall–Kier alpha value is -1.41. The van der Waals surface area contributed by atoms with E-state index in [0.717, 1.165) is 0 Å². The Morgan fingerprint density at radius 3 is 2.48 bits per heavy atom. The summed E-state index contributed by atoms with van der Waals surface area (Å²) in [6, 6.07) is 3.46. The van der Waals surface area contributed by atoms with E-state index in [1.54, 1.807) is 17.5 Å². The monoisotopic (exact) mass is 349 g/mol. The summed E-state index contributed by atoms with van der Waals surface area (Å²) >= 11 is 1.32. The van der Waals surface area contributed by atoms with Gasteiger partial charge >= 0.3 is 6.18 Å². The first-order chi connectivity index (χ1) is 10.8. The molecular weight excluding hydrogens is 331 g/mol. The molecule has 1 aliphatic heterocycles. The summed E-state index contributed by atoms with van der Waals surface area (Å²) in [6.45, 7) is 0.369. The molecule has 1 unspecified atom stereocenters. The van der Waals surface area contributed by atoms with Crippen LogP contribution in [0.2, 0.25) is 0 Å². The molecule has 0 bridgehead atoms. The Labute approximate surface area is 135 Å². The van der Waals surface area contributed by atoms with Gasteiger partial charge in [-0.05, 0) is 30.2 Å². The third-order valence-corrected chi connectivity index (χ3v) is 4.95. The number of Topliss-reactive ketones (excluding diaryl/α,β-unsaturated/α-hetero) is 1. The average molecular weight is 349 g/mol. The van der Waals surface area contributed by atoms with Gasteiger partial charge in [-0.2, -0.15) is 13.2 Å². The van der Waals surface area contributed by atoms with Crippen molar-refractivity contribution in [3.8, 4) is 0 Å². The quantitative estimate of drug-likeness (QED) is 0.832. The van der Waals surface area contributed by atoms with Crippen LogP contribution in [0.3, 0.4) is 0 Å². The summed E-state index contributed by atoms with van der Waals surface area (Å²) in [7, 11) is 0. The summed E-state index contributed by atoms with van der Waals surface area (Å²) in [5.74, 6) is -1.20. The number of aliphatic hydroxyl groups excluding tert-OH is 1. The number of halogens is 3. The molecule has 1 aromatic rings. The Morgan fingerprint density at radius 2 is 1.96 bits per heavy atom. The van der Waals surface area contributed by atoms with Crippen LogP contribution in [0.25, 0.3) is 0 Å². The highest BCUT2D eigenvalue weighted by Crippen LogP contribution is 2.31. The molecule has 1 aliphatic rings. The number of nitrogens with zero attached hydrogens (tertiary/aromatic N) is 1. The molecular formula is C15H18F3NO3S. The minimum atomic E-state index is -4.62. The van der Waals surface area contributed by atoms with Crippen molar-refractivity contribution in [2.24, 2.45) is 5.92 Å². The molecule has 0 saturated carbocycles.